The zero-order chi connectivity index (χ0) is 34.3. The van der Waals surface area contributed by atoms with Gasteiger partial charge < -0.3 is 24.3 Å². The van der Waals surface area contributed by atoms with Gasteiger partial charge in [0.1, 0.15) is 6.10 Å². The Morgan fingerprint density at radius 2 is 1.73 bits per heavy atom. The number of alkyl carbamates (subject to hydrolysis) is 1. The van der Waals surface area contributed by atoms with Crippen molar-refractivity contribution in [2.75, 3.05) is 19.8 Å². The molecule has 1 amide bonds. The van der Waals surface area contributed by atoms with Gasteiger partial charge in [-0.15, -0.1) is 0 Å². The van der Waals surface area contributed by atoms with Gasteiger partial charge in [0.25, 0.3) is 0 Å². The number of carbonyl (C=O) groups is 1. The minimum absolute atomic E-state index is 0.0174. The summed E-state index contributed by atoms with van der Waals surface area (Å²) in [5.41, 5.74) is 2.42. The standard InChI is InChI=1S/C42H73NO5/c1-29(2)13-12-14-31(5)36-18-19-37-35-17-15-32-27-33(21-23-41(32,6)38(35)22-24-42(36,37)7)48-40(44)43-25-10-8-9-11-26-45-39-20-16-34(47-39)28-46-30(3)4/h15,29-31,33-39H,8-14,16-28H2,1-7H3,(H,43,44)/t31-,33?,34?,35?,36?,37?,38?,39?,41?,42?/m1/s1. The van der Waals surface area contributed by atoms with Crippen molar-refractivity contribution >= 4 is 6.09 Å². The number of unbranched alkanes of at least 4 members (excludes halogenated alkanes) is 3. The average Bonchev–Trinajstić information content (AvgIpc) is 3.65. The Morgan fingerprint density at radius 3 is 2.52 bits per heavy atom. The van der Waals surface area contributed by atoms with E-state index in [4.69, 9.17) is 18.9 Å². The second-order valence-electron chi connectivity index (χ2n) is 17.9. The minimum Gasteiger partial charge on any atom is -0.446 e. The molecule has 0 radical (unpaired) electrons. The van der Waals surface area contributed by atoms with E-state index in [0.29, 0.717) is 24.0 Å². The third-order valence-corrected chi connectivity index (χ3v) is 13.9. The number of hydrogen-bond donors (Lipinski definition) is 1. The highest BCUT2D eigenvalue weighted by atomic mass is 16.7. The first-order chi connectivity index (χ1) is 23.0. The van der Waals surface area contributed by atoms with Gasteiger partial charge in [0.15, 0.2) is 6.29 Å². The molecule has 0 bridgehead atoms. The maximum Gasteiger partial charge on any atom is 0.407 e. The van der Waals surface area contributed by atoms with Crippen LogP contribution in [0.1, 0.15) is 158 Å². The van der Waals surface area contributed by atoms with E-state index in [1.807, 2.05) is 0 Å². The Bertz CT molecular complexity index is 1040. The molecule has 4 aliphatic carbocycles. The van der Waals surface area contributed by atoms with Crippen LogP contribution in [0.4, 0.5) is 4.79 Å². The van der Waals surface area contributed by atoms with Crippen molar-refractivity contribution in [1.29, 1.82) is 0 Å². The fraction of sp³-hybridized carbons (Fsp3) is 0.929. The molecule has 1 heterocycles. The third-order valence-electron chi connectivity index (χ3n) is 13.9. The molecule has 4 fully saturated rings. The highest BCUT2D eigenvalue weighted by molar-refractivity contribution is 5.67. The van der Waals surface area contributed by atoms with Crippen molar-refractivity contribution in [2.45, 2.75) is 182 Å². The Kier molecular flexibility index (Phi) is 13.8. The highest BCUT2D eigenvalue weighted by Crippen LogP contribution is 2.67. The lowest BCUT2D eigenvalue weighted by Gasteiger charge is -2.58. The molecule has 1 N–H and O–H groups in total. The molecule has 10 atom stereocenters. The van der Waals surface area contributed by atoms with Crippen molar-refractivity contribution in [3.63, 3.8) is 0 Å². The van der Waals surface area contributed by atoms with Crippen molar-refractivity contribution in [3.8, 4) is 0 Å². The maximum atomic E-state index is 12.7. The summed E-state index contributed by atoms with van der Waals surface area (Å²) in [6.45, 7) is 18.7. The number of amides is 1. The van der Waals surface area contributed by atoms with Crippen LogP contribution in [0.2, 0.25) is 0 Å². The van der Waals surface area contributed by atoms with E-state index in [0.717, 1.165) is 99.9 Å². The summed E-state index contributed by atoms with van der Waals surface area (Å²) in [7, 11) is 0. The summed E-state index contributed by atoms with van der Waals surface area (Å²) < 4.78 is 23.5. The van der Waals surface area contributed by atoms with E-state index in [1.54, 1.807) is 5.57 Å². The third kappa shape index (κ3) is 9.40. The van der Waals surface area contributed by atoms with Gasteiger partial charge in [-0.2, -0.15) is 0 Å². The largest absolute Gasteiger partial charge is 0.446 e. The molecule has 6 heteroatoms. The topological polar surface area (TPSA) is 66.0 Å². The summed E-state index contributed by atoms with van der Waals surface area (Å²) in [6.07, 6.45) is 23.1. The molecule has 0 aromatic carbocycles. The van der Waals surface area contributed by atoms with Gasteiger partial charge in [0.2, 0.25) is 0 Å². The van der Waals surface area contributed by atoms with E-state index in [9.17, 15) is 4.79 Å². The summed E-state index contributed by atoms with van der Waals surface area (Å²) in [6, 6.07) is 0. The fourth-order valence-electron chi connectivity index (χ4n) is 11.1. The number of nitrogens with one attached hydrogen (secondary N) is 1. The first-order valence-corrected chi connectivity index (χ1v) is 20.5. The molecular weight excluding hydrogens is 598 g/mol. The Labute approximate surface area is 294 Å². The lowest BCUT2D eigenvalue weighted by molar-refractivity contribution is -0.147. The van der Waals surface area contributed by atoms with Gasteiger partial charge in [-0.1, -0.05) is 78.4 Å². The van der Waals surface area contributed by atoms with Gasteiger partial charge in [-0.05, 0) is 124 Å². The summed E-state index contributed by atoms with van der Waals surface area (Å²) in [5.74, 6) is 5.13. The molecule has 0 aromatic rings. The second kappa shape index (κ2) is 17.4. The van der Waals surface area contributed by atoms with Crippen molar-refractivity contribution in [2.24, 2.45) is 46.3 Å². The molecule has 48 heavy (non-hydrogen) atoms. The van der Waals surface area contributed by atoms with E-state index < -0.39 is 0 Å². The SMILES string of the molecule is CC(C)CCC[C@@H](C)C1CCC2C3CC=C4CC(OC(=O)NCCCCCCOC5CCC(COC(C)C)O5)CCC4(C)C3CCC21C. The van der Waals surface area contributed by atoms with Crippen LogP contribution in [0, 0.1) is 46.3 Å². The number of allylic oxidation sites excluding steroid dienone is 1. The molecule has 6 nitrogen and oxygen atoms in total. The molecule has 276 valence electrons. The van der Waals surface area contributed by atoms with Crippen LogP contribution in [-0.4, -0.2) is 50.5 Å². The van der Waals surface area contributed by atoms with Gasteiger partial charge in [-0.25, -0.2) is 4.79 Å². The van der Waals surface area contributed by atoms with E-state index in [1.165, 1.54) is 51.4 Å². The van der Waals surface area contributed by atoms with Gasteiger partial charge >= 0.3 is 6.09 Å². The second-order valence-corrected chi connectivity index (χ2v) is 17.9. The summed E-state index contributed by atoms with van der Waals surface area (Å²) in [4.78, 5) is 12.7. The number of carbonyl (C=O) groups excluding carboxylic acids is 1. The predicted octanol–water partition coefficient (Wildman–Crippen LogP) is 10.6. The smallest absolute Gasteiger partial charge is 0.407 e. The number of ether oxygens (including phenoxy) is 4. The zero-order valence-corrected chi connectivity index (χ0v) is 32.0. The molecular formula is C42H73NO5. The van der Waals surface area contributed by atoms with E-state index in [-0.39, 0.29) is 30.7 Å². The molecule has 5 rings (SSSR count). The normalized spacial score (nSPS) is 36.8. The highest BCUT2D eigenvalue weighted by Gasteiger charge is 2.59. The van der Waals surface area contributed by atoms with Crippen LogP contribution in [-0.2, 0) is 18.9 Å². The van der Waals surface area contributed by atoms with Crippen LogP contribution >= 0.6 is 0 Å². The quantitative estimate of drug-likeness (QED) is 0.123. The average molecular weight is 672 g/mol. The maximum absolute atomic E-state index is 12.7. The molecule has 5 aliphatic rings. The zero-order valence-electron chi connectivity index (χ0n) is 32.0. The van der Waals surface area contributed by atoms with Crippen molar-refractivity contribution in [3.05, 3.63) is 11.6 Å². The van der Waals surface area contributed by atoms with Crippen LogP contribution in [0.15, 0.2) is 11.6 Å². The summed E-state index contributed by atoms with van der Waals surface area (Å²) in [5, 5.41) is 3.03. The Balaban J connectivity index is 0.975. The van der Waals surface area contributed by atoms with Crippen LogP contribution in [0.25, 0.3) is 0 Å². The minimum atomic E-state index is -0.233. The first-order valence-electron chi connectivity index (χ1n) is 20.5. The first kappa shape index (κ1) is 38.1. The molecule has 0 spiro atoms. The molecule has 1 aliphatic heterocycles. The predicted molar refractivity (Wildman–Crippen MR) is 195 cm³/mol. The molecule has 3 saturated carbocycles. The van der Waals surface area contributed by atoms with Crippen LogP contribution < -0.4 is 5.32 Å². The van der Waals surface area contributed by atoms with Gasteiger partial charge in [0.05, 0.1) is 18.8 Å². The van der Waals surface area contributed by atoms with E-state index >= 15 is 0 Å². The molecule has 9 unspecified atom stereocenters. The monoisotopic (exact) mass is 672 g/mol. The van der Waals surface area contributed by atoms with Gasteiger partial charge in [0, 0.05) is 26.0 Å². The van der Waals surface area contributed by atoms with Crippen molar-refractivity contribution < 1.29 is 23.7 Å². The van der Waals surface area contributed by atoms with Crippen LogP contribution in [0.5, 0.6) is 0 Å². The lowest BCUT2D eigenvalue weighted by atomic mass is 9.47. The summed E-state index contributed by atoms with van der Waals surface area (Å²) >= 11 is 0. The Morgan fingerprint density at radius 1 is 0.917 bits per heavy atom. The fourth-order valence-corrected chi connectivity index (χ4v) is 11.1. The van der Waals surface area contributed by atoms with Crippen LogP contribution in [0.3, 0.4) is 0 Å². The Hall–Kier alpha value is -1.11. The number of hydrogen-bond acceptors (Lipinski definition) is 5. The van der Waals surface area contributed by atoms with Crippen molar-refractivity contribution in [1.82, 2.24) is 5.32 Å². The molecule has 0 aromatic heterocycles. The lowest BCUT2D eigenvalue weighted by Crippen LogP contribution is -2.51. The number of fused-ring (bicyclic) bond motifs is 5. The molecule has 1 saturated heterocycles. The van der Waals surface area contributed by atoms with Gasteiger partial charge in [-0.3, -0.25) is 0 Å². The number of rotatable bonds is 17. The van der Waals surface area contributed by atoms with E-state index in [2.05, 4.69) is 59.9 Å².